The molecular formula is C19H17FN4O3S. The molecule has 0 fully saturated rings. The number of thiophene rings is 1. The average Bonchev–Trinajstić information content (AvgIpc) is 3.35. The van der Waals surface area contributed by atoms with Crippen molar-refractivity contribution in [1.29, 1.82) is 0 Å². The number of ether oxygens (including phenoxy) is 1. The molecule has 0 aliphatic rings. The SMILES string of the molecule is O=c1c2cnn(-c3ccc(F)cc3)c2ncn1C[C@H](O)COCc1cccs1. The van der Waals surface area contributed by atoms with Gasteiger partial charge in [0.05, 0.1) is 37.7 Å². The summed E-state index contributed by atoms with van der Waals surface area (Å²) in [6, 6.07) is 9.64. The zero-order valence-electron chi connectivity index (χ0n) is 14.7. The predicted molar refractivity (Wildman–Crippen MR) is 103 cm³/mol. The first-order chi connectivity index (χ1) is 13.6. The molecule has 0 amide bonds. The lowest BCUT2D eigenvalue weighted by Crippen LogP contribution is -2.29. The van der Waals surface area contributed by atoms with Gasteiger partial charge in [0.25, 0.3) is 5.56 Å². The van der Waals surface area contributed by atoms with E-state index in [1.807, 2.05) is 17.5 Å². The third-order valence-corrected chi connectivity index (χ3v) is 5.02. The molecule has 0 radical (unpaired) electrons. The average molecular weight is 400 g/mol. The first-order valence-corrected chi connectivity index (χ1v) is 9.47. The van der Waals surface area contributed by atoms with Crippen molar-refractivity contribution in [2.24, 2.45) is 0 Å². The number of fused-ring (bicyclic) bond motifs is 1. The van der Waals surface area contributed by atoms with Crippen molar-refractivity contribution in [2.75, 3.05) is 6.61 Å². The van der Waals surface area contributed by atoms with Crippen LogP contribution in [0.1, 0.15) is 4.88 Å². The highest BCUT2D eigenvalue weighted by Crippen LogP contribution is 2.14. The van der Waals surface area contributed by atoms with E-state index in [1.54, 1.807) is 23.5 Å². The zero-order chi connectivity index (χ0) is 19.5. The van der Waals surface area contributed by atoms with Gasteiger partial charge in [-0.25, -0.2) is 14.1 Å². The van der Waals surface area contributed by atoms with Crippen LogP contribution in [0.3, 0.4) is 0 Å². The van der Waals surface area contributed by atoms with Crippen molar-refractivity contribution in [3.05, 3.63) is 75.4 Å². The van der Waals surface area contributed by atoms with Crippen LogP contribution in [0.15, 0.2) is 59.1 Å². The van der Waals surface area contributed by atoms with E-state index in [0.717, 1.165) is 4.88 Å². The molecule has 9 heteroatoms. The van der Waals surface area contributed by atoms with Crippen molar-refractivity contribution in [2.45, 2.75) is 19.3 Å². The molecule has 1 N–H and O–H groups in total. The first kappa shape index (κ1) is 18.5. The maximum atomic E-state index is 13.1. The minimum absolute atomic E-state index is 0.0634. The van der Waals surface area contributed by atoms with Gasteiger partial charge in [-0.15, -0.1) is 11.3 Å². The molecule has 4 aromatic rings. The molecule has 0 aliphatic carbocycles. The van der Waals surface area contributed by atoms with Gasteiger partial charge in [-0.3, -0.25) is 9.36 Å². The van der Waals surface area contributed by atoms with Crippen LogP contribution < -0.4 is 5.56 Å². The number of rotatable bonds is 7. The number of aliphatic hydroxyl groups excluding tert-OH is 1. The summed E-state index contributed by atoms with van der Waals surface area (Å²) >= 11 is 1.58. The fourth-order valence-corrected chi connectivity index (χ4v) is 3.46. The molecule has 1 atom stereocenters. The molecular weight excluding hydrogens is 383 g/mol. The van der Waals surface area contributed by atoms with Crippen molar-refractivity contribution in [3.63, 3.8) is 0 Å². The molecule has 3 aromatic heterocycles. The number of hydrogen-bond donors (Lipinski definition) is 1. The van der Waals surface area contributed by atoms with E-state index in [2.05, 4.69) is 10.1 Å². The summed E-state index contributed by atoms with van der Waals surface area (Å²) in [5, 5.41) is 16.6. The van der Waals surface area contributed by atoms with Crippen LogP contribution in [0.4, 0.5) is 4.39 Å². The van der Waals surface area contributed by atoms with Crippen LogP contribution in [0.5, 0.6) is 0 Å². The van der Waals surface area contributed by atoms with Gasteiger partial charge in [-0.05, 0) is 35.7 Å². The number of halogens is 1. The quantitative estimate of drug-likeness (QED) is 0.515. The van der Waals surface area contributed by atoms with Crippen molar-refractivity contribution < 1.29 is 14.2 Å². The highest BCUT2D eigenvalue weighted by atomic mass is 32.1. The molecule has 7 nitrogen and oxygen atoms in total. The summed E-state index contributed by atoms with van der Waals surface area (Å²) in [4.78, 5) is 18.0. The second kappa shape index (κ2) is 8.01. The van der Waals surface area contributed by atoms with Crippen LogP contribution in [0, 0.1) is 5.82 Å². The molecule has 0 spiro atoms. The topological polar surface area (TPSA) is 82.2 Å². The van der Waals surface area contributed by atoms with Gasteiger partial charge in [0.15, 0.2) is 5.65 Å². The van der Waals surface area contributed by atoms with E-state index in [-0.39, 0.29) is 24.5 Å². The highest BCUT2D eigenvalue weighted by Gasteiger charge is 2.14. The smallest absolute Gasteiger partial charge is 0.264 e. The monoisotopic (exact) mass is 400 g/mol. The fraction of sp³-hybridized carbons (Fsp3) is 0.211. The number of aromatic nitrogens is 4. The first-order valence-electron chi connectivity index (χ1n) is 8.59. The third-order valence-electron chi connectivity index (χ3n) is 4.17. The Morgan fingerprint density at radius 3 is 2.82 bits per heavy atom. The van der Waals surface area contributed by atoms with E-state index in [0.29, 0.717) is 23.3 Å². The maximum absolute atomic E-state index is 13.1. The Morgan fingerprint density at radius 1 is 1.25 bits per heavy atom. The highest BCUT2D eigenvalue weighted by molar-refractivity contribution is 7.09. The van der Waals surface area contributed by atoms with Gasteiger partial charge in [-0.1, -0.05) is 6.07 Å². The summed E-state index contributed by atoms with van der Waals surface area (Å²) in [6.07, 6.45) is 1.95. The van der Waals surface area contributed by atoms with Crippen LogP contribution in [0.25, 0.3) is 16.7 Å². The Morgan fingerprint density at radius 2 is 2.07 bits per heavy atom. The van der Waals surface area contributed by atoms with Gasteiger partial charge >= 0.3 is 0 Å². The van der Waals surface area contributed by atoms with Crippen molar-refractivity contribution in [1.82, 2.24) is 19.3 Å². The molecule has 0 saturated heterocycles. The number of aliphatic hydroxyl groups is 1. The summed E-state index contributed by atoms with van der Waals surface area (Å²) in [6.45, 7) is 0.594. The Balaban J connectivity index is 1.48. The molecule has 4 rings (SSSR count). The molecule has 0 aliphatic heterocycles. The zero-order valence-corrected chi connectivity index (χ0v) is 15.6. The summed E-state index contributed by atoms with van der Waals surface area (Å²) in [5.74, 6) is -0.356. The predicted octanol–water partition coefficient (Wildman–Crippen LogP) is 2.36. The van der Waals surface area contributed by atoms with E-state index < -0.39 is 6.10 Å². The number of benzene rings is 1. The van der Waals surface area contributed by atoms with E-state index in [1.165, 1.54) is 33.9 Å². The molecule has 0 saturated carbocycles. The van der Waals surface area contributed by atoms with Crippen LogP contribution in [-0.4, -0.2) is 37.1 Å². The lowest BCUT2D eigenvalue weighted by molar-refractivity contribution is 0.0207. The second-order valence-electron chi connectivity index (χ2n) is 6.22. The molecule has 1 aromatic carbocycles. The second-order valence-corrected chi connectivity index (χ2v) is 7.25. The molecule has 3 heterocycles. The summed E-state index contributed by atoms with van der Waals surface area (Å²) in [5.41, 5.74) is 0.662. The van der Waals surface area contributed by atoms with Crippen LogP contribution >= 0.6 is 11.3 Å². The Labute approximate surface area is 163 Å². The van der Waals surface area contributed by atoms with E-state index in [4.69, 9.17) is 4.74 Å². The molecule has 28 heavy (non-hydrogen) atoms. The van der Waals surface area contributed by atoms with Gasteiger partial charge in [0, 0.05) is 4.88 Å². The van der Waals surface area contributed by atoms with Gasteiger partial charge in [0.2, 0.25) is 0 Å². The van der Waals surface area contributed by atoms with Crippen molar-refractivity contribution >= 4 is 22.4 Å². The molecule has 0 unspecified atom stereocenters. The largest absolute Gasteiger partial charge is 0.389 e. The third kappa shape index (κ3) is 3.86. The lowest BCUT2D eigenvalue weighted by atomic mass is 10.3. The van der Waals surface area contributed by atoms with Gasteiger partial charge in [-0.2, -0.15) is 5.10 Å². The standard InChI is InChI=1S/C19H17FN4O3S/c20-13-3-5-14(6-4-13)24-18-17(8-22-24)19(26)23(12-21-18)9-15(25)10-27-11-16-2-1-7-28-16/h1-8,12,15,25H,9-11H2/t15-/m0/s1. The summed E-state index contributed by atoms with van der Waals surface area (Å²) in [7, 11) is 0. The fourth-order valence-electron chi connectivity index (χ4n) is 2.82. The molecule has 0 bridgehead atoms. The Bertz CT molecular complexity index is 1120. The van der Waals surface area contributed by atoms with Gasteiger partial charge < -0.3 is 9.84 Å². The number of nitrogens with zero attached hydrogens (tertiary/aromatic N) is 4. The van der Waals surface area contributed by atoms with Crippen LogP contribution in [0.2, 0.25) is 0 Å². The lowest BCUT2D eigenvalue weighted by Gasteiger charge is -2.12. The summed E-state index contributed by atoms with van der Waals surface area (Å²) < 4.78 is 21.4. The van der Waals surface area contributed by atoms with Crippen LogP contribution in [-0.2, 0) is 17.9 Å². The van der Waals surface area contributed by atoms with E-state index in [9.17, 15) is 14.3 Å². The maximum Gasteiger partial charge on any atom is 0.264 e. The normalized spacial score (nSPS) is 12.5. The van der Waals surface area contributed by atoms with E-state index >= 15 is 0 Å². The molecule has 144 valence electrons. The number of hydrogen-bond acceptors (Lipinski definition) is 6. The Kier molecular flexibility index (Phi) is 5.29. The van der Waals surface area contributed by atoms with Gasteiger partial charge in [0.1, 0.15) is 17.5 Å². The van der Waals surface area contributed by atoms with Crippen molar-refractivity contribution in [3.8, 4) is 5.69 Å². The minimum atomic E-state index is -0.843. The minimum Gasteiger partial charge on any atom is -0.389 e. The Hall–Kier alpha value is -2.88.